The molecule has 0 saturated heterocycles. The first-order chi connectivity index (χ1) is 10.7. The number of amides is 2. The van der Waals surface area contributed by atoms with Crippen molar-refractivity contribution >= 4 is 17.7 Å². The molecule has 1 aromatic carbocycles. The molecule has 0 radical (unpaired) electrons. The van der Waals surface area contributed by atoms with Crippen LogP contribution < -0.4 is 10.2 Å². The van der Waals surface area contributed by atoms with E-state index in [0.717, 1.165) is 5.69 Å². The van der Waals surface area contributed by atoms with Gasteiger partial charge in [0.1, 0.15) is 11.6 Å². The van der Waals surface area contributed by atoms with Crippen molar-refractivity contribution in [1.29, 1.82) is 0 Å². The number of para-hydroxylation sites is 1. The molecule has 0 aliphatic heterocycles. The fourth-order valence-electron chi connectivity index (χ4n) is 2.19. The van der Waals surface area contributed by atoms with E-state index in [0.29, 0.717) is 6.54 Å². The predicted molar refractivity (Wildman–Crippen MR) is 92.5 cm³/mol. The van der Waals surface area contributed by atoms with Crippen LogP contribution in [0.15, 0.2) is 30.3 Å². The van der Waals surface area contributed by atoms with Crippen LogP contribution >= 0.6 is 0 Å². The van der Waals surface area contributed by atoms with Gasteiger partial charge in [0.25, 0.3) is 0 Å². The summed E-state index contributed by atoms with van der Waals surface area (Å²) in [6, 6.07) is 8.80. The zero-order valence-electron chi connectivity index (χ0n) is 14.9. The molecule has 5 heteroatoms. The number of hydrogen-bond donors (Lipinski definition) is 1. The topological polar surface area (TPSA) is 58.6 Å². The molecule has 1 unspecified atom stereocenters. The van der Waals surface area contributed by atoms with Crippen molar-refractivity contribution in [2.24, 2.45) is 5.92 Å². The molecule has 0 fully saturated rings. The molecular weight excluding hydrogens is 292 g/mol. The van der Waals surface area contributed by atoms with Gasteiger partial charge >= 0.3 is 6.09 Å². The highest BCUT2D eigenvalue weighted by atomic mass is 16.6. The van der Waals surface area contributed by atoms with E-state index in [1.165, 1.54) is 0 Å². The fraction of sp³-hybridized carbons (Fsp3) is 0.556. The highest BCUT2D eigenvalue weighted by molar-refractivity contribution is 5.98. The Morgan fingerprint density at radius 2 is 1.74 bits per heavy atom. The highest BCUT2D eigenvalue weighted by Crippen LogP contribution is 2.17. The Labute approximate surface area is 139 Å². The van der Waals surface area contributed by atoms with Crippen molar-refractivity contribution < 1.29 is 14.3 Å². The summed E-state index contributed by atoms with van der Waals surface area (Å²) >= 11 is 0. The van der Waals surface area contributed by atoms with Gasteiger partial charge in [0, 0.05) is 12.2 Å². The molecule has 0 aromatic heterocycles. The van der Waals surface area contributed by atoms with Crippen LogP contribution in [0, 0.1) is 5.92 Å². The van der Waals surface area contributed by atoms with Crippen molar-refractivity contribution in [3.63, 3.8) is 0 Å². The Kier molecular flexibility index (Phi) is 6.61. The van der Waals surface area contributed by atoms with E-state index in [1.807, 2.05) is 51.1 Å². The van der Waals surface area contributed by atoms with Gasteiger partial charge in [0.2, 0.25) is 5.91 Å². The van der Waals surface area contributed by atoms with Gasteiger partial charge in [-0.1, -0.05) is 32.0 Å². The van der Waals surface area contributed by atoms with Gasteiger partial charge in [-0.15, -0.1) is 0 Å². The molecule has 0 bridgehead atoms. The zero-order chi connectivity index (χ0) is 17.6. The summed E-state index contributed by atoms with van der Waals surface area (Å²) in [6.07, 6.45) is -0.575. The number of carbonyl (C=O) groups excluding carboxylic acids is 2. The van der Waals surface area contributed by atoms with Gasteiger partial charge in [-0.2, -0.15) is 0 Å². The second kappa shape index (κ2) is 7.99. The SMILES string of the molecule is CCN(C(=O)C(NC(=O)OC(C)(C)C)C(C)C)c1ccccc1. The lowest BCUT2D eigenvalue weighted by molar-refractivity contribution is -0.121. The average Bonchev–Trinajstić information content (AvgIpc) is 2.44. The molecule has 1 atom stereocenters. The molecule has 23 heavy (non-hydrogen) atoms. The van der Waals surface area contributed by atoms with E-state index in [-0.39, 0.29) is 11.8 Å². The van der Waals surface area contributed by atoms with E-state index in [2.05, 4.69) is 5.32 Å². The van der Waals surface area contributed by atoms with Gasteiger partial charge in [-0.25, -0.2) is 4.79 Å². The summed E-state index contributed by atoms with van der Waals surface area (Å²) in [7, 11) is 0. The van der Waals surface area contributed by atoms with Crippen molar-refractivity contribution in [3.05, 3.63) is 30.3 Å². The smallest absolute Gasteiger partial charge is 0.408 e. The quantitative estimate of drug-likeness (QED) is 0.902. The lowest BCUT2D eigenvalue weighted by atomic mass is 10.0. The molecule has 0 saturated carbocycles. The lowest BCUT2D eigenvalue weighted by Crippen LogP contribution is -2.52. The second-order valence-corrected chi connectivity index (χ2v) is 6.79. The van der Waals surface area contributed by atoms with E-state index in [9.17, 15) is 9.59 Å². The number of nitrogens with one attached hydrogen (secondary N) is 1. The third-order valence-electron chi connectivity index (χ3n) is 3.26. The zero-order valence-corrected chi connectivity index (χ0v) is 14.9. The maximum Gasteiger partial charge on any atom is 0.408 e. The molecule has 2 amide bonds. The molecule has 128 valence electrons. The van der Waals surface area contributed by atoms with Crippen molar-refractivity contribution in [2.75, 3.05) is 11.4 Å². The van der Waals surface area contributed by atoms with E-state index in [4.69, 9.17) is 4.74 Å². The summed E-state index contributed by atoms with van der Waals surface area (Å²) in [4.78, 5) is 26.6. The molecule has 1 rings (SSSR count). The Bertz CT molecular complexity index is 521. The fourth-order valence-corrected chi connectivity index (χ4v) is 2.19. The van der Waals surface area contributed by atoms with E-state index in [1.54, 1.807) is 25.7 Å². The molecule has 0 aliphatic carbocycles. The normalized spacial score (nSPS) is 12.7. The number of ether oxygens (including phenoxy) is 1. The maximum atomic E-state index is 12.9. The highest BCUT2D eigenvalue weighted by Gasteiger charge is 2.30. The Hall–Kier alpha value is -2.04. The van der Waals surface area contributed by atoms with Crippen LogP contribution in [0.1, 0.15) is 41.5 Å². The van der Waals surface area contributed by atoms with Crippen LogP contribution in [-0.2, 0) is 9.53 Å². The van der Waals surface area contributed by atoms with Crippen LogP contribution in [0.25, 0.3) is 0 Å². The number of carbonyl (C=O) groups is 2. The third kappa shape index (κ3) is 5.93. The Morgan fingerprint density at radius 1 is 1.17 bits per heavy atom. The van der Waals surface area contributed by atoms with Gasteiger partial charge < -0.3 is 15.0 Å². The van der Waals surface area contributed by atoms with E-state index >= 15 is 0 Å². The van der Waals surface area contributed by atoms with Crippen LogP contribution in [0.5, 0.6) is 0 Å². The summed E-state index contributed by atoms with van der Waals surface area (Å²) < 4.78 is 5.27. The minimum absolute atomic E-state index is 0.0484. The van der Waals surface area contributed by atoms with Crippen molar-refractivity contribution in [2.45, 2.75) is 53.2 Å². The molecular formula is C18H28N2O3. The van der Waals surface area contributed by atoms with Gasteiger partial charge in [0.05, 0.1) is 0 Å². The monoisotopic (exact) mass is 320 g/mol. The minimum atomic E-state index is -0.634. The third-order valence-corrected chi connectivity index (χ3v) is 3.26. The number of benzene rings is 1. The molecule has 0 spiro atoms. The van der Waals surface area contributed by atoms with E-state index < -0.39 is 17.7 Å². The lowest BCUT2D eigenvalue weighted by Gasteiger charge is -2.30. The average molecular weight is 320 g/mol. The molecule has 1 aromatic rings. The molecule has 0 aliphatic rings. The van der Waals surface area contributed by atoms with Gasteiger partial charge in [0.15, 0.2) is 0 Å². The maximum absolute atomic E-state index is 12.9. The first-order valence-electron chi connectivity index (χ1n) is 8.01. The number of nitrogens with zero attached hydrogens (tertiary/aromatic N) is 1. The predicted octanol–water partition coefficient (Wildman–Crippen LogP) is 3.59. The minimum Gasteiger partial charge on any atom is -0.444 e. The largest absolute Gasteiger partial charge is 0.444 e. The van der Waals surface area contributed by atoms with Gasteiger partial charge in [-0.3, -0.25) is 4.79 Å². The number of hydrogen-bond acceptors (Lipinski definition) is 3. The van der Waals surface area contributed by atoms with Crippen LogP contribution in [-0.4, -0.2) is 30.2 Å². The molecule has 1 N–H and O–H groups in total. The summed E-state index contributed by atoms with van der Waals surface area (Å²) in [6.45, 7) is 11.6. The first-order valence-corrected chi connectivity index (χ1v) is 8.01. The van der Waals surface area contributed by atoms with Gasteiger partial charge in [-0.05, 0) is 45.7 Å². The summed E-state index contributed by atoms with van der Waals surface area (Å²) in [5, 5.41) is 2.70. The van der Waals surface area contributed by atoms with Crippen LogP contribution in [0.4, 0.5) is 10.5 Å². The Balaban J connectivity index is 2.91. The number of rotatable bonds is 5. The summed E-state index contributed by atoms with van der Waals surface area (Å²) in [5.41, 5.74) is 0.218. The number of anilines is 1. The van der Waals surface area contributed by atoms with Crippen molar-refractivity contribution in [1.82, 2.24) is 5.32 Å². The summed E-state index contributed by atoms with van der Waals surface area (Å²) in [5.74, 6) is -0.188. The molecule has 5 nitrogen and oxygen atoms in total. The standard InChI is InChI=1S/C18H28N2O3/c1-7-20(14-11-9-8-10-12-14)16(21)15(13(2)3)19-17(22)23-18(4,5)6/h8-13,15H,7H2,1-6H3,(H,19,22). The first kappa shape index (κ1) is 19.0. The van der Waals surface area contributed by atoms with Crippen LogP contribution in [0.2, 0.25) is 0 Å². The second-order valence-electron chi connectivity index (χ2n) is 6.79. The number of alkyl carbamates (subject to hydrolysis) is 1. The Morgan fingerprint density at radius 3 is 2.17 bits per heavy atom. The van der Waals surface area contributed by atoms with Crippen molar-refractivity contribution in [3.8, 4) is 0 Å². The molecule has 0 heterocycles. The number of likely N-dealkylation sites (N-methyl/N-ethyl adjacent to an activating group) is 1. The van der Waals surface area contributed by atoms with Crippen LogP contribution in [0.3, 0.4) is 0 Å².